The lowest BCUT2D eigenvalue weighted by Crippen LogP contribution is -2.15. The fourth-order valence-corrected chi connectivity index (χ4v) is 2.98. The van der Waals surface area contributed by atoms with Crippen molar-refractivity contribution in [3.63, 3.8) is 0 Å². The first-order valence-corrected chi connectivity index (χ1v) is 9.22. The molecule has 2 aromatic carbocycles. The van der Waals surface area contributed by atoms with E-state index in [4.69, 9.17) is 18.9 Å². The number of ether oxygens (including phenoxy) is 4. The normalized spacial score (nSPS) is 11.8. The van der Waals surface area contributed by atoms with Crippen molar-refractivity contribution in [2.45, 2.75) is 12.8 Å². The molecule has 8 heteroatoms. The van der Waals surface area contributed by atoms with Crippen LogP contribution in [0.15, 0.2) is 40.9 Å². The maximum absolute atomic E-state index is 12.3. The van der Waals surface area contributed by atoms with Gasteiger partial charge in [-0.05, 0) is 36.4 Å². The zero-order chi connectivity index (χ0) is 20.1. The zero-order valence-corrected chi connectivity index (χ0v) is 16.6. The number of hydrogen-bond acceptors (Lipinski definition) is 7. The Hall–Kier alpha value is -2.87. The average molecular weight is 449 g/mol. The first kappa shape index (κ1) is 19.9. The van der Waals surface area contributed by atoms with Crippen LogP contribution in [0.5, 0.6) is 17.2 Å². The van der Waals surface area contributed by atoms with Gasteiger partial charge in [0.25, 0.3) is 0 Å². The SMILES string of the molecule is COc1ccc(Br)cc1C(=O)CCC(=O)OCC(=O)c1ccc2c(c1)OCO2. The van der Waals surface area contributed by atoms with Gasteiger partial charge < -0.3 is 18.9 Å². The number of halogens is 1. The van der Waals surface area contributed by atoms with E-state index < -0.39 is 12.6 Å². The lowest BCUT2D eigenvalue weighted by Gasteiger charge is -2.08. The van der Waals surface area contributed by atoms with E-state index in [1.165, 1.54) is 7.11 Å². The molecule has 0 atom stereocenters. The summed E-state index contributed by atoms with van der Waals surface area (Å²) >= 11 is 3.30. The molecule has 0 aliphatic carbocycles. The van der Waals surface area contributed by atoms with E-state index in [0.29, 0.717) is 28.4 Å². The van der Waals surface area contributed by atoms with Crippen molar-refractivity contribution in [1.29, 1.82) is 0 Å². The van der Waals surface area contributed by atoms with Crippen LogP contribution in [-0.4, -0.2) is 38.0 Å². The first-order chi connectivity index (χ1) is 13.5. The summed E-state index contributed by atoms with van der Waals surface area (Å²) in [6.45, 7) is -0.300. The van der Waals surface area contributed by atoms with Gasteiger partial charge in [-0.2, -0.15) is 0 Å². The Morgan fingerprint density at radius 3 is 2.57 bits per heavy atom. The second kappa shape index (κ2) is 8.88. The minimum Gasteiger partial charge on any atom is -0.496 e. The quantitative estimate of drug-likeness (QED) is 0.450. The summed E-state index contributed by atoms with van der Waals surface area (Å²) in [5.74, 6) is 0.223. The van der Waals surface area contributed by atoms with Gasteiger partial charge in [-0.3, -0.25) is 14.4 Å². The van der Waals surface area contributed by atoms with Crippen molar-refractivity contribution in [3.8, 4) is 17.2 Å². The fourth-order valence-electron chi connectivity index (χ4n) is 2.62. The zero-order valence-electron chi connectivity index (χ0n) is 15.0. The number of rotatable bonds is 8. The number of ketones is 2. The Morgan fingerprint density at radius 2 is 1.79 bits per heavy atom. The Labute approximate surface area is 169 Å². The molecule has 0 aromatic heterocycles. The molecule has 0 amide bonds. The molecule has 146 valence electrons. The van der Waals surface area contributed by atoms with Gasteiger partial charge in [-0.1, -0.05) is 15.9 Å². The number of esters is 1. The summed E-state index contributed by atoms with van der Waals surface area (Å²) in [5, 5.41) is 0. The summed E-state index contributed by atoms with van der Waals surface area (Å²) in [6.07, 6.45) is -0.188. The van der Waals surface area contributed by atoms with E-state index in [1.54, 1.807) is 36.4 Å². The smallest absolute Gasteiger partial charge is 0.306 e. The van der Waals surface area contributed by atoms with Crippen molar-refractivity contribution < 1.29 is 33.3 Å². The predicted molar refractivity (Wildman–Crippen MR) is 102 cm³/mol. The Bertz CT molecular complexity index is 923. The standard InChI is InChI=1S/C20H17BrO7/c1-25-17-6-3-13(21)9-14(17)15(22)4-7-20(24)26-10-16(23)12-2-5-18-19(8-12)28-11-27-18/h2-3,5-6,8-9H,4,7,10-11H2,1H3. The van der Waals surface area contributed by atoms with Crippen LogP contribution in [0.4, 0.5) is 0 Å². The average Bonchev–Trinajstić information content (AvgIpc) is 3.17. The summed E-state index contributed by atoms with van der Waals surface area (Å²) in [7, 11) is 1.47. The molecule has 0 N–H and O–H groups in total. The first-order valence-electron chi connectivity index (χ1n) is 8.43. The van der Waals surface area contributed by atoms with Crippen molar-refractivity contribution in [2.24, 2.45) is 0 Å². The molecule has 0 bridgehead atoms. The number of methoxy groups -OCH3 is 1. The van der Waals surface area contributed by atoms with Crippen LogP contribution in [0.25, 0.3) is 0 Å². The van der Waals surface area contributed by atoms with Gasteiger partial charge in [-0.15, -0.1) is 0 Å². The van der Waals surface area contributed by atoms with Crippen LogP contribution in [0.1, 0.15) is 33.6 Å². The van der Waals surface area contributed by atoms with E-state index >= 15 is 0 Å². The lowest BCUT2D eigenvalue weighted by atomic mass is 10.1. The number of hydrogen-bond donors (Lipinski definition) is 0. The molecule has 2 aromatic rings. The van der Waals surface area contributed by atoms with Gasteiger partial charge in [-0.25, -0.2) is 0 Å². The highest BCUT2D eigenvalue weighted by atomic mass is 79.9. The summed E-state index contributed by atoms with van der Waals surface area (Å²) in [6, 6.07) is 9.80. The molecule has 0 saturated carbocycles. The number of carbonyl (C=O) groups excluding carboxylic acids is 3. The summed E-state index contributed by atoms with van der Waals surface area (Å²) in [5.41, 5.74) is 0.730. The molecule has 0 saturated heterocycles. The van der Waals surface area contributed by atoms with Crippen LogP contribution < -0.4 is 14.2 Å². The number of benzene rings is 2. The maximum Gasteiger partial charge on any atom is 0.306 e. The Balaban J connectivity index is 1.50. The summed E-state index contributed by atoms with van der Waals surface area (Å²) in [4.78, 5) is 36.4. The van der Waals surface area contributed by atoms with Gasteiger partial charge in [0.05, 0.1) is 19.1 Å². The van der Waals surface area contributed by atoms with Gasteiger partial charge in [0.1, 0.15) is 5.75 Å². The molecule has 1 aliphatic rings. The Morgan fingerprint density at radius 1 is 1.00 bits per heavy atom. The van der Waals surface area contributed by atoms with E-state index in [2.05, 4.69) is 15.9 Å². The molecular weight excluding hydrogens is 432 g/mol. The minimum atomic E-state index is -0.628. The number of fused-ring (bicyclic) bond motifs is 1. The summed E-state index contributed by atoms with van der Waals surface area (Å²) < 4.78 is 21.3. The minimum absolute atomic E-state index is 0.0517. The van der Waals surface area contributed by atoms with Crippen LogP contribution in [0, 0.1) is 0 Å². The molecule has 0 radical (unpaired) electrons. The van der Waals surface area contributed by atoms with Gasteiger partial charge in [0, 0.05) is 16.5 Å². The third-order valence-corrected chi connectivity index (χ3v) is 4.57. The second-order valence-corrected chi connectivity index (χ2v) is 6.84. The molecule has 0 fully saturated rings. The van der Waals surface area contributed by atoms with Crippen molar-refractivity contribution in [3.05, 3.63) is 52.0 Å². The topological polar surface area (TPSA) is 88.1 Å². The molecule has 3 rings (SSSR count). The number of carbonyl (C=O) groups is 3. The van der Waals surface area contributed by atoms with Crippen molar-refractivity contribution in [2.75, 3.05) is 20.5 Å². The van der Waals surface area contributed by atoms with Gasteiger partial charge in [0.2, 0.25) is 6.79 Å². The molecule has 1 aliphatic heterocycles. The highest BCUT2D eigenvalue weighted by Gasteiger charge is 2.18. The van der Waals surface area contributed by atoms with Crippen LogP contribution in [0.3, 0.4) is 0 Å². The van der Waals surface area contributed by atoms with Crippen molar-refractivity contribution in [1.82, 2.24) is 0 Å². The van der Waals surface area contributed by atoms with E-state index in [1.807, 2.05) is 0 Å². The predicted octanol–water partition coefficient (Wildman–Crippen LogP) is 3.58. The van der Waals surface area contributed by atoms with E-state index in [9.17, 15) is 14.4 Å². The maximum atomic E-state index is 12.3. The monoisotopic (exact) mass is 448 g/mol. The molecular formula is C20H17BrO7. The largest absolute Gasteiger partial charge is 0.496 e. The number of Topliss-reactive ketones (excluding diaryl/α,β-unsaturated/α-hetero) is 2. The molecule has 0 unspecified atom stereocenters. The lowest BCUT2D eigenvalue weighted by molar-refractivity contribution is -0.142. The van der Waals surface area contributed by atoms with Crippen LogP contribution in [0.2, 0.25) is 0 Å². The van der Waals surface area contributed by atoms with Crippen molar-refractivity contribution >= 4 is 33.5 Å². The van der Waals surface area contributed by atoms with Crippen LogP contribution in [-0.2, 0) is 9.53 Å². The third kappa shape index (κ3) is 4.69. The second-order valence-electron chi connectivity index (χ2n) is 5.92. The van der Waals surface area contributed by atoms with E-state index in [0.717, 1.165) is 4.47 Å². The van der Waals surface area contributed by atoms with Gasteiger partial charge >= 0.3 is 5.97 Å². The fraction of sp³-hybridized carbons (Fsp3) is 0.250. The highest BCUT2D eigenvalue weighted by molar-refractivity contribution is 9.10. The van der Waals surface area contributed by atoms with E-state index in [-0.39, 0.29) is 31.2 Å². The molecule has 28 heavy (non-hydrogen) atoms. The highest BCUT2D eigenvalue weighted by Crippen LogP contribution is 2.32. The molecule has 1 heterocycles. The van der Waals surface area contributed by atoms with Gasteiger partial charge in [0.15, 0.2) is 29.7 Å². The Kier molecular flexibility index (Phi) is 6.30. The molecule has 7 nitrogen and oxygen atoms in total. The third-order valence-electron chi connectivity index (χ3n) is 4.08. The molecule has 0 spiro atoms. The van der Waals surface area contributed by atoms with Crippen LogP contribution >= 0.6 is 15.9 Å².